The zero-order valence-corrected chi connectivity index (χ0v) is 10.2. The molecule has 2 rings (SSSR count). The standard InChI is InChI=1S/C13H8Cl2FN/c14-11-2-1-3-12(13(11)15)17-8-9-4-6-10(16)7-5-9/h1-8H. The lowest BCUT2D eigenvalue weighted by Gasteiger charge is -1.99. The van der Waals surface area contributed by atoms with Crippen LogP contribution in [0.1, 0.15) is 5.56 Å². The Morgan fingerprint density at radius 1 is 1.00 bits per heavy atom. The van der Waals surface area contributed by atoms with Crippen molar-refractivity contribution >= 4 is 35.1 Å². The van der Waals surface area contributed by atoms with Gasteiger partial charge in [-0.1, -0.05) is 41.4 Å². The van der Waals surface area contributed by atoms with Gasteiger partial charge in [0.05, 0.1) is 15.7 Å². The normalized spacial score (nSPS) is 11.0. The Kier molecular flexibility index (Phi) is 3.77. The average molecular weight is 268 g/mol. The van der Waals surface area contributed by atoms with E-state index in [9.17, 15) is 4.39 Å². The summed E-state index contributed by atoms with van der Waals surface area (Å²) in [5.74, 6) is -0.275. The van der Waals surface area contributed by atoms with Gasteiger partial charge in [-0.2, -0.15) is 0 Å². The van der Waals surface area contributed by atoms with E-state index in [2.05, 4.69) is 4.99 Å². The summed E-state index contributed by atoms with van der Waals surface area (Å²) in [5, 5.41) is 0.868. The van der Waals surface area contributed by atoms with Crippen LogP contribution >= 0.6 is 23.2 Å². The van der Waals surface area contributed by atoms with Crippen molar-refractivity contribution in [2.45, 2.75) is 0 Å². The zero-order valence-electron chi connectivity index (χ0n) is 8.70. The first-order valence-electron chi connectivity index (χ1n) is 4.90. The van der Waals surface area contributed by atoms with E-state index in [1.807, 2.05) is 0 Å². The van der Waals surface area contributed by atoms with Gasteiger partial charge in [-0.3, -0.25) is 4.99 Å². The van der Waals surface area contributed by atoms with Crippen molar-refractivity contribution < 1.29 is 4.39 Å². The van der Waals surface area contributed by atoms with Gasteiger partial charge in [0.2, 0.25) is 0 Å². The second kappa shape index (κ2) is 5.30. The molecule has 0 saturated carbocycles. The van der Waals surface area contributed by atoms with Crippen LogP contribution in [0, 0.1) is 5.82 Å². The number of halogens is 3. The smallest absolute Gasteiger partial charge is 0.123 e. The second-order valence-corrected chi connectivity index (χ2v) is 4.17. The maximum absolute atomic E-state index is 12.7. The first kappa shape index (κ1) is 12.1. The quantitative estimate of drug-likeness (QED) is 0.688. The molecule has 0 aliphatic rings. The lowest BCUT2D eigenvalue weighted by atomic mass is 10.2. The van der Waals surface area contributed by atoms with Crippen LogP contribution in [0.5, 0.6) is 0 Å². The first-order valence-corrected chi connectivity index (χ1v) is 5.66. The Balaban J connectivity index is 2.26. The summed E-state index contributed by atoms with van der Waals surface area (Å²) in [4.78, 5) is 4.20. The van der Waals surface area contributed by atoms with E-state index in [4.69, 9.17) is 23.2 Å². The predicted octanol–water partition coefficient (Wildman–Crippen LogP) is 4.88. The summed E-state index contributed by atoms with van der Waals surface area (Å²) in [7, 11) is 0. The van der Waals surface area contributed by atoms with Crippen LogP contribution in [0.2, 0.25) is 10.0 Å². The second-order valence-electron chi connectivity index (χ2n) is 3.38. The van der Waals surface area contributed by atoms with E-state index in [0.29, 0.717) is 15.7 Å². The summed E-state index contributed by atoms with van der Waals surface area (Å²) in [5.41, 5.74) is 1.38. The van der Waals surface area contributed by atoms with Crippen LogP contribution in [0.4, 0.5) is 10.1 Å². The number of rotatable bonds is 2. The molecule has 2 aromatic rings. The highest BCUT2D eigenvalue weighted by Crippen LogP contribution is 2.31. The van der Waals surface area contributed by atoms with E-state index in [0.717, 1.165) is 5.56 Å². The minimum Gasteiger partial charge on any atom is -0.255 e. The van der Waals surface area contributed by atoms with Crippen molar-refractivity contribution in [3.8, 4) is 0 Å². The van der Waals surface area contributed by atoms with E-state index in [-0.39, 0.29) is 5.82 Å². The van der Waals surface area contributed by atoms with Gasteiger partial charge < -0.3 is 0 Å². The van der Waals surface area contributed by atoms with Gasteiger partial charge in [0.1, 0.15) is 5.82 Å². The van der Waals surface area contributed by atoms with Crippen molar-refractivity contribution in [1.82, 2.24) is 0 Å². The van der Waals surface area contributed by atoms with Crippen LogP contribution in [0.15, 0.2) is 47.5 Å². The van der Waals surface area contributed by atoms with Crippen LogP contribution in [0.25, 0.3) is 0 Å². The topological polar surface area (TPSA) is 12.4 Å². The fourth-order valence-corrected chi connectivity index (χ4v) is 1.63. The molecule has 0 atom stereocenters. The molecule has 0 aliphatic carbocycles. The van der Waals surface area contributed by atoms with E-state index in [1.165, 1.54) is 12.1 Å². The van der Waals surface area contributed by atoms with Gasteiger partial charge in [0.15, 0.2) is 0 Å². The largest absolute Gasteiger partial charge is 0.255 e. The van der Waals surface area contributed by atoms with Crippen LogP contribution in [-0.2, 0) is 0 Å². The van der Waals surface area contributed by atoms with Gasteiger partial charge in [-0.15, -0.1) is 0 Å². The van der Waals surface area contributed by atoms with Crippen molar-refractivity contribution in [3.63, 3.8) is 0 Å². The fourth-order valence-electron chi connectivity index (χ4n) is 1.29. The molecule has 17 heavy (non-hydrogen) atoms. The van der Waals surface area contributed by atoms with Crippen molar-refractivity contribution in [2.75, 3.05) is 0 Å². The minimum atomic E-state index is -0.275. The molecule has 0 saturated heterocycles. The molecule has 86 valence electrons. The maximum atomic E-state index is 12.7. The van der Waals surface area contributed by atoms with Gasteiger partial charge >= 0.3 is 0 Å². The molecule has 0 N–H and O–H groups in total. The Labute approximate surface area is 109 Å². The first-order chi connectivity index (χ1) is 8.16. The highest BCUT2D eigenvalue weighted by Gasteiger charge is 2.01. The van der Waals surface area contributed by atoms with Crippen molar-refractivity contribution in [3.05, 3.63) is 63.9 Å². The van der Waals surface area contributed by atoms with E-state index < -0.39 is 0 Å². The maximum Gasteiger partial charge on any atom is 0.123 e. The molecule has 0 aromatic heterocycles. The number of benzene rings is 2. The van der Waals surface area contributed by atoms with Gasteiger partial charge in [-0.05, 0) is 29.8 Å². The van der Waals surface area contributed by atoms with Crippen LogP contribution in [-0.4, -0.2) is 6.21 Å². The molecule has 0 bridgehead atoms. The molecule has 2 aromatic carbocycles. The van der Waals surface area contributed by atoms with Gasteiger partial charge in [0, 0.05) is 6.21 Å². The average Bonchev–Trinajstić information content (AvgIpc) is 2.33. The lowest BCUT2D eigenvalue weighted by molar-refractivity contribution is 0.628. The van der Waals surface area contributed by atoms with Crippen molar-refractivity contribution in [1.29, 1.82) is 0 Å². The molecule has 0 heterocycles. The SMILES string of the molecule is Fc1ccc(C=Nc2cccc(Cl)c2Cl)cc1. The number of nitrogens with zero attached hydrogens (tertiary/aromatic N) is 1. The number of aliphatic imine (C=N–C) groups is 1. The summed E-state index contributed by atoms with van der Waals surface area (Å²) < 4.78 is 12.7. The fraction of sp³-hybridized carbons (Fsp3) is 0. The summed E-state index contributed by atoms with van der Waals surface area (Å²) in [6.45, 7) is 0. The predicted molar refractivity (Wildman–Crippen MR) is 70.1 cm³/mol. The molecule has 0 amide bonds. The molecule has 1 nitrogen and oxygen atoms in total. The van der Waals surface area contributed by atoms with Gasteiger partial charge in [-0.25, -0.2) is 4.39 Å². The third-order valence-corrected chi connectivity index (χ3v) is 2.96. The molecule has 4 heteroatoms. The molecule has 0 spiro atoms. The Morgan fingerprint density at radius 2 is 1.71 bits per heavy atom. The number of hydrogen-bond donors (Lipinski definition) is 0. The van der Waals surface area contributed by atoms with E-state index in [1.54, 1.807) is 36.5 Å². The molecule has 0 fully saturated rings. The lowest BCUT2D eigenvalue weighted by Crippen LogP contribution is -1.81. The molecule has 0 aliphatic heterocycles. The molecular weight excluding hydrogens is 260 g/mol. The van der Waals surface area contributed by atoms with Gasteiger partial charge in [0.25, 0.3) is 0 Å². The summed E-state index contributed by atoms with van der Waals surface area (Å²) in [6.07, 6.45) is 1.61. The Morgan fingerprint density at radius 3 is 2.41 bits per heavy atom. The van der Waals surface area contributed by atoms with E-state index >= 15 is 0 Å². The van der Waals surface area contributed by atoms with Crippen LogP contribution < -0.4 is 0 Å². The number of hydrogen-bond acceptors (Lipinski definition) is 1. The molecule has 0 unspecified atom stereocenters. The molecular formula is C13H8Cl2FN. The van der Waals surface area contributed by atoms with Crippen molar-refractivity contribution in [2.24, 2.45) is 4.99 Å². The summed E-state index contributed by atoms with van der Waals surface area (Å²) in [6, 6.07) is 11.2. The third kappa shape index (κ3) is 3.05. The minimum absolute atomic E-state index is 0.275. The highest BCUT2D eigenvalue weighted by atomic mass is 35.5. The zero-order chi connectivity index (χ0) is 12.3. The van der Waals surface area contributed by atoms with Crippen LogP contribution in [0.3, 0.4) is 0 Å². The highest BCUT2D eigenvalue weighted by molar-refractivity contribution is 6.43. The third-order valence-electron chi connectivity index (χ3n) is 2.15. The Hall–Kier alpha value is -1.38. The monoisotopic (exact) mass is 267 g/mol. The summed E-state index contributed by atoms with van der Waals surface area (Å²) >= 11 is 11.8. The molecule has 0 radical (unpaired) electrons. The Bertz CT molecular complexity index is 550.